The van der Waals surface area contributed by atoms with Crippen LogP contribution in [0.3, 0.4) is 0 Å². The molecule has 31 heavy (non-hydrogen) atoms. The Bertz CT molecular complexity index is 1100. The molecule has 0 bridgehead atoms. The van der Waals surface area contributed by atoms with Gasteiger partial charge in [-0.15, -0.1) is 0 Å². The zero-order chi connectivity index (χ0) is 22.5. The monoisotopic (exact) mass is 422 g/mol. The number of fused-ring (bicyclic) bond motifs is 1. The van der Waals surface area contributed by atoms with Gasteiger partial charge in [0.1, 0.15) is 11.8 Å². The number of hydrogen-bond acceptors (Lipinski definition) is 7. The molecule has 0 N–H and O–H groups in total. The first-order chi connectivity index (χ1) is 14.8. The molecule has 11 nitrogen and oxygen atoms in total. The number of nitro benzene ring substituents is 1. The molecule has 11 heteroatoms. The fourth-order valence-electron chi connectivity index (χ4n) is 3.07. The summed E-state index contributed by atoms with van der Waals surface area (Å²) in [7, 11) is 0. The highest BCUT2D eigenvalue weighted by atomic mass is 16.6. The first-order valence-corrected chi connectivity index (χ1v) is 8.96. The van der Waals surface area contributed by atoms with Crippen molar-refractivity contribution in [3.05, 3.63) is 75.3 Å². The Morgan fingerprint density at radius 3 is 2.19 bits per heavy atom. The van der Waals surface area contributed by atoms with Gasteiger partial charge in [-0.25, -0.2) is 4.79 Å². The number of carbonyl (C=O) groups excluding carboxylic acids is 4. The van der Waals surface area contributed by atoms with E-state index in [9.17, 15) is 29.3 Å². The molecule has 0 aliphatic carbocycles. The minimum atomic E-state index is -1.45. The number of hydrogen-bond donors (Lipinski definition) is 0. The average Bonchev–Trinajstić information content (AvgIpc) is 3.00. The third-order valence-corrected chi connectivity index (χ3v) is 4.54. The second kappa shape index (κ2) is 8.89. The molecule has 2 aromatic rings. The molecule has 1 atom stereocenters. The maximum Gasteiger partial charge on any atom is 0.334 e. The van der Waals surface area contributed by atoms with Crippen molar-refractivity contribution < 1.29 is 33.6 Å². The standard InChI is InChI=1S/C20H14N4O7/c21-22-11-13(25)7-10-17(20(28)31-14-8-5-12(6-9-14)24(29)30)23-18(26)15-3-1-2-4-16(15)19(23)27/h1-6,8-9,11,17H,7,10H2/t17-/m0/s1. The van der Waals surface area contributed by atoms with Gasteiger partial charge in [-0.05, 0) is 30.7 Å². The minimum Gasteiger partial charge on any atom is -0.425 e. The number of nitrogens with zero attached hydrogens (tertiary/aromatic N) is 4. The normalized spacial score (nSPS) is 13.2. The number of amides is 2. The highest BCUT2D eigenvalue weighted by Gasteiger charge is 2.43. The maximum absolute atomic E-state index is 12.8. The first-order valence-electron chi connectivity index (χ1n) is 8.96. The lowest BCUT2D eigenvalue weighted by Gasteiger charge is -2.24. The fourth-order valence-corrected chi connectivity index (χ4v) is 3.07. The van der Waals surface area contributed by atoms with Crippen LogP contribution < -0.4 is 4.74 Å². The summed E-state index contributed by atoms with van der Waals surface area (Å²) in [6.07, 6.45) is 0.0563. The number of benzene rings is 2. The van der Waals surface area contributed by atoms with E-state index in [1.165, 1.54) is 24.3 Å². The van der Waals surface area contributed by atoms with Crippen LogP contribution in [0.2, 0.25) is 0 Å². The van der Waals surface area contributed by atoms with E-state index in [0.29, 0.717) is 6.21 Å². The van der Waals surface area contributed by atoms with Crippen molar-refractivity contribution in [2.75, 3.05) is 0 Å². The van der Waals surface area contributed by atoms with Gasteiger partial charge in [0.2, 0.25) is 5.78 Å². The average molecular weight is 422 g/mol. The largest absolute Gasteiger partial charge is 0.425 e. The summed E-state index contributed by atoms with van der Waals surface area (Å²) in [5.41, 5.74) is 8.48. The molecule has 0 saturated heterocycles. The maximum atomic E-state index is 12.8. The second-order valence-electron chi connectivity index (χ2n) is 6.46. The van der Waals surface area contributed by atoms with Crippen LogP contribution >= 0.6 is 0 Å². The number of rotatable bonds is 8. The Balaban J connectivity index is 1.87. The smallest absolute Gasteiger partial charge is 0.334 e. The molecule has 3 rings (SSSR count). The van der Waals surface area contributed by atoms with E-state index in [1.807, 2.05) is 0 Å². The molecule has 0 saturated carbocycles. The lowest BCUT2D eigenvalue weighted by molar-refractivity contribution is -0.384. The van der Waals surface area contributed by atoms with E-state index in [2.05, 4.69) is 4.79 Å². The van der Waals surface area contributed by atoms with E-state index in [-0.39, 0.29) is 35.4 Å². The van der Waals surface area contributed by atoms with Crippen molar-refractivity contribution in [1.29, 1.82) is 0 Å². The van der Waals surface area contributed by atoms with Crippen LogP contribution in [0.15, 0.2) is 48.5 Å². The molecule has 0 radical (unpaired) electrons. The molecular weight excluding hydrogens is 408 g/mol. The number of Topliss-reactive ketones (excluding diaryl/α,β-unsaturated/α-hetero) is 1. The summed E-state index contributed by atoms with van der Waals surface area (Å²) in [6.45, 7) is 0. The molecule has 1 aliphatic rings. The molecule has 0 aromatic heterocycles. The first kappa shape index (κ1) is 21.2. The van der Waals surface area contributed by atoms with Crippen LogP contribution in [-0.2, 0) is 9.59 Å². The van der Waals surface area contributed by atoms with Crippen molar-refractivity contribution in [3.63, 3.8) is 0 Å². The summed E-state index contributed by atoms with van der Waals surface area (Å²) in [5.74, 6) is -3.10. The number of esters is 1. The van der Waals surface area contributed by atoms with Gasteiger partial charge in [-0.3, -0.25) is 29.4 Å². The van der Waals surface area contributed by atoms with Gasteiger partial charge in [0.15, 0.2) is 0 Å². The van der Waals surface area contributed by atoms with Gasteiger partial charge in [-0.2, -0.15) is 4.79 Å². The zero-order valence-corrected chi connectivity index (χ0v) is 15.8. The lowest BCUT2D eigenvalue weighted by atomic mass is 10.1. The van der Waals surface area contributed by atoms with Crippen molar-refractivity contribution in [2.45, 2.75) is 18.9 Å². The van der Waals surface area contributed by atoms with E-state index in [1.54, 1.807) is 12.1 Å². The predicted octanol–water partition coefficient (Wildman–Crippen LogP) is 1.81. The number of carbonyl (C=O) groups is 4. The van der Waals surface area contributed by atoms with Gasteiger partial charge in [-0.1, -0.05) is 12.1 Å². The van der Waals surface area contributed by atoms with Gasteiger partial charge < -0.3 is 10.3 Å². The van der Waals surface area contributed by atoms with Crippen LogP contribution in [0.1, 0.15) is 33.6 Å². The SMILES string of the molecule is [N-]=[N+]=CC(=O)CC[C@@H](C(=O)Oc1ccc([N+](=O)[O-])cc1)N1C(=O)c2ccccc2C1=O. The van der Waals surface area contributed by atoms with Crippen molar-refractivity contribution in [3.8, 4) is 5.75 Å². The van der Waals surface area contributed by atoms with Crippen LogP contribution in [0.5, 0.6) is 5.75 Å². The summed E-state index contributed by atoms with van der Waals surface area (Å²) in [4.78, 5) is 63.6. The number of ketones is 1. The number of non-ortho nitro benzene ring substituents is 1. The summed E-state index contributed by atoms with van der Waals surface area (Å²) in [5, 5.41) is 10.8. The van der Waals surface area contributed by atoms with E-state index < -0.39 is 34.5 Å². The Hall–Kier alpha value is -4.50. The molecule has 0 spiro atoms. The fraction of sp³-hybridized carbons (Fsp3) is 0.150. The van der Waals surface area contributed by atoms with Crippen molar-refractivity contribution in [2.24, 2.45) is 0 Å². The molecule has 1 heterocycles. The molecule has 0 unspecified atom stereocenters. The van der Waals surface area contributed by atoms with Crippen LogP contribution in [0.25, 0.3) is 5.53 Å². The Labute approximate surface area is 174 Å². The molecule has 0 fully saturated rings. The topological polar surface area (TPSA) is 160 Å². The number of ether oxygens (including phenoxy) is 1. The summed E-state index contributed by atoms with van der Waals surface area (Å²) < 4.78 is 5.21. The third kappa shape index (κ3) is 4.41. The van der Waals surface area contributed by atoms with E-state index in [4.69, 9.17) is 10.3 Å². The lowest BCUT2D eigenvalue weighted by Crippen LogP contribution is -2.47. The zero-order valence-electron chi connectivity index (χ0n) is 15.8. The van der Waals surface area contributed by atoms with E-state index in [0.717, 1.165) is 17.0 Å². The van der Waals surface area contributed by atoms with Crippen molar-refractivity contribution in [1.82, 2.24) is 4.90 Å². The van der Waals surface area contributed by atoms with Crippen LogP contribution in [-0.4, -0.2) is 50.4 Å². The summed E-state index contributed by atoms with van der Waals surface area (Å²) in [6, 6.07) is 9.21. The van der Waals surface area contributed by atoms with Gasteiger partial charge in [0.05, 0.1) is 16.1 Å². The molecule has 1 aliphatic heterocycles. The molecule has 156 valence electrons. The van der Waals surface area contributed by atoms with Crippen LogP contribution in [0.4, 0.5) is 5.69 Å². The van der Waals surface area contributed by atoms with Gasteiger partial charge >= 0.3 is 12.2 Å². The van der Waals surface area contributed by atoms with E-state index >= 15 is 0 Å². The summed E-state index contributed by atoms with van der Waals surface area (Å²) >= 11 is 0. The predicted molar refractivity (Wildman–Crippen MR) is 103 cm³/mol. The van der Waals surface area contributed by atoms with Gasteiger partial charge in [0, 0.05) is 18.6 Å². The third-order valence-electron chi connectivity index (χ3n) is 4.54. The second-order valence-corrected chi connectivity index (χ2v) is 6.46. The quantitative estimate of drug-likeness (QED) is 0.0916. The Morgan fingerprint density at radius 1 is 1.10 bits per heavy atom. The Kier molecular flexibility index (Phi) is 6.08. The minimum absolute atomic E-state index is 0.0412. The van der Waals surface area contributed by atoms with Gasteiger partial charge in [0.25, 0.3) is 17.5 Å². The highest BCUT2D eigenvalue weighted by Crippen LogP contribution is 2.27. The molecular formula is C20H14N4O7. The van der Waals surface area contributed by atoms with Crippen LogP contribution in [0, 0.1) is 10.1 Å². The highest BCUT2D eigenvalue weighted by molar-refractivity contribution is 6.25. The van der Waals surface area contributed by atoms with Crippen molar-refractivity contribution >= 4 is 35.5 Å². The molecule has 2 aromatic carbocycles. The number of nitro groups is 1. The molecule has 2 amide bonds. The number of imide groups is 1. The Morgan fingerprint density at radius 2 is 1.68 bits per heavy atom.